The Morgan fingerprint density at radius 3 is 2.43 bits per heavy atom. The van der Waals surface area contributed by atoms with Gasteiger partial charge in [0.25, 0.3) is 5.69 Å². The predicted octanol–water partition coefficient (Wildman–Crippen LogP) is 6.22. The lowest BCUT2D eigenvalue weighted by Crippen LogP contribution is -2.42. The van der Waals surface area contributed by atoms with E-state index in [9.17, 15) is 19.7 Å². The molecule has 0 saturated heterocycles. The Morgan fingerprint density at radius 2 is 1.70 bits per heavy atom. The minimum Gasteiger partial charge on any atom is -0.494 e. The molecule has 2 aliphatic rings. The number of nitro groups is 1. The van der Waals surface area contributed by atoms with Gasteiger partial charge in [-0.2, -0.15) is 0 Å². The highest BCUT2D eigenvalue weighted by atomic mass is 16.6. The number of nitrogens with zero attached hydrogens (tertiary/aromatic N) is 2. The minimum atomic E-state index is -0.466. The monoisotopic (exact) mass is 496 g/mol. The van der Waals surface area contributed by atoms with Crippen molar-refractivity contribution in [1.82, 2.24) is 0 Å². The van der Waals surface area contributed by atoms with Gasteiger partial charge in [-0.1, -0.05) is 54.6 Å². The van der Waals surface area contributed by atoms with Crippen molar-refractivity contribution >= 4 is 23.1 Å². The molecule has 2 unspecified atom stereocenters. The molecule has 1 amide bonds. The Morgan fingerprint density at radius 1 is 0.973 bits per heavy atom. The number of Topliss-reactive ketones (excluding diaryl/α,β-unsaturated/α-hetero) is 1. The molecule has 37 heavy (non-hydrogen) atoms. The number of rotatable bonds is 6. The standard InChI is InChI=1S/C30H28N2O5/c1-3-37-28-12-8-7-11-23(28)24-18-29(34)31(25-17-22(32(35)36)14-13-19(25)2)26-15-21(16-27(33)30(24)26)20-9-5-4-6-10-20/h4-14,17,21,24H,3,15-16,18H2,1-2H3. The molecule has 3 aromatic rings. The number of non-ortho nitro benzene ring substituents is 1. The third kappa shape index (κ3) is 4.53. The van der Waals surface area contributed by atoms with E-state index in [-0.39, 0.29) is 29.7 Å². The molecule has 0 fully saturated rings. The summed E-state index contributed by atoms with van der Waals surface area (Å²) in [6.45, 7) is 4.19. The molecule has 0 N–H and O–H groups in total. The van der Waals surface area contributed by atoms with E-state index >= 15 is 0 Å². The van der Waals surface area contributed by atoms with E-state index in [0.717, 1.165) is 16.7 Å². The summed E-state index contributed by atoms with van der Waals surface area (Å²) in [5, 5.41) is 11.6. The van der Waals surface area contributed by atoms with Gasteiger partial charge < -0.3 is 4.74 Å². The van der Waals surface area contributed by atoms with Gasteiger partial charge in [0.2, 0.25) is 5.91 Å². The summed E-state index contributed by atoms with van der Waals surface area (Å²) >= 11 is 0. The van der Waals surface area contributed by atoms with Crippen LogP contribution in [0.1, 0.15) is 54.7 Å². The number of amides is 1. The number of nitro benzene ring substituents is 1. The molecule has 7 nitrogen and oxygen atoms in total. The maximum Gasteiger partial charge on any atom is 0.271 e. The summed E-state index contributed by atoms with van der Waals surface area (Å²) in [6.07, 6.45) is 0.894. The van der Waals surface area contributed by atoms with Crippen LogP contribution in [-0.2, 0) is 9.59 Å². The molecule has 1 aliphatic carbocycles. The van der Waals surface area contributed by atoms with Crippen molar-refractivity contribution in [2.45, 2.75) is 44.9 Å². The number of aryl methyl sites for hydroxylation is 1. The fourth-order valence-electron chi connectivity index (χ4n) is 5.55. The van der Waals surface area contributed by atoms with E-state index < -0.39 is 10.8 Å². The average molecular weight is 497 g/mol. The first-order valence-electron chi connectivity index (χ1n) is 12.5. The first-order valence-corrected chi connectivity index (χ1v) is 12.5. The van der Waals surface area contributed by atoms with Crippen LogP contribution in [-0.4, -0.2) is 23.2 Å². The van der Waals surface area contributed by atoms with Crippen molar-refractivity contribution in [3.05, 3.63) is 111 Å². The smallest absolute Gasteiger partial charge is 0.271 e. The maximum atomic E-state index is 13.9. The fourth-order valence-corrected chi connectivity index (χ4v) is 5.55. The van der Waals surface area contributed by atoms with E-state index in [1.165, 1.54) is 12.1 Å². The van der Waals surface area contributed by atoms with E-state index in [2.05, 4.69) is 0 Å². The van der Waals surface area contributed by atoms with E-state index in [1.807, 2.05) is 68.4 Å². The van der Waals surface area contributed by atoms with Gasteiger partial charge in [-0.15, -0.1) is 0 Å². The number of carbonyl (C=O) groups excluding carboxylic acids is 2. The zero-order chi connectivity index (χ0) is 26.1. The van der Waals surface area contributed by atoms with Crippen LogP contribution in [0.3, 0.4) is 0 Å². The molecule has 2 atom stereocenters. The molecular weight excluding hydrogens is 468 g/mol. The van der Waals surface area contributed by atoms with Gasteiger partial charge in [-0.25, -0.2) is 0 Å². The maximum absolute atomic E-state index is 13.9. The number of allylic oxidation sites excluding steroid dienone is 2. The molecule has 1 heterocycles. The third-order valence-corrected chi connectivity index (χ3v) is 7.24. The summed E-state index contributed by atoms with van der Waals surface area (Å²) in [5.74, 6) is -0.0767. The number of carbonyl (C=O) groups is 2. The van der Waals surface area contributed by atoms with Crippen LogP contribution in [0, 0.1) is 17.0 Å². The lowest BCUT2D eigenvalue weighted by atomic mass is 9.72. The topological polar surface area (TPSA) is 89.8 Å². The molecule has 0 aromatic heterocycles. The number of ketones is 1. The highest BCUT2D eigenvalue weighted by Gasteiger charge is 2.43. The highest BCUT2D eigenvalue weighted by Crippen LogP contribution is 2.49. The number of ether oxygens (including phenoxy) is 1. The number of hydrogen-bond donors (Lipinski definition) is 0. The zero-order valence-electron chi connectivity index (χ0n) is 20.8. The summed E-state index contributed by atoms with van der Waals surface area (Å²) in [7, 11) is 0. The Bertz CT molecular complexity index is 1410. The molecule has 0 spiro atoms. The molecule has 1 aliphatic heterocycles. The molecular formula is C30H28N2O5. The van der Waals surface area contributed by atoms with Gasteiger partial charge >= 0.3 is 0 Å². The van der Waals surface area contributed by atoms with Crippen LogP contribution in [0.25, 0.3) is 0 Å². The Hall–Kier alpha value is -4.26. The molecule has 3 aromatic carbocycles. The van der Waals surface area contributed by atoms with Crippen molar-refractivity contribution in [2.24, 2.45) is 0 Å². The van der Waals surface area contributed by atoms with Gasteiger partial charge in [0.1, 0.15) is 5.75 Å². The van der Waals surface area contributed by atoms with Crippen molar-refractivity contribution in [1.29, 1.82) is 0 Å². The van der Waals surface area contributed by atoms with E-state index in [1.54, 1.807) is 11.0 Å². The number of para-hydroxylation sites is 1. The van der Waals surface area contributed by atoms with Crippen molar-refractivity contribution in [3.63, 3.8) is 0 Å². The lowest BCUT2D eigenvalue weighted by Gasteiger charge is -2.41. The van der Waals surface area contributed by atoms with Gasteiger partial charge in [0.15, 0.2) is 5.78 Å². The Balaban J connectivity index is 1.70. The van der Waals surface area contributed by atoms with Crippen molar-refractivity contribution in [3.8, 4) is 5.75 Å². The first kappa shape index (κ1) is 24.4. The summed E-state index contributed by atoms with van der Waals surface area (Å²) in [6, 6.07) is 21.9. The van der Waals surface area contributed by atoms with Gasteiger partial charge in [-0.05, 0) is 43.4 Å². The Kier molecular flexibility index (Phi) is 6.61. The van der Waals surface area contributed by atoms with E-state index in [0.29, 0.717) is 42.2 Å². The molecule has 5 rings (SSSR count). The predicted molar refractivity (Wildman–Crippen MR) is 141 cm³/mol. The SMILES string of the molecule is CCOc1ccccc1C1CC(=O)N(c2cc([N+](=O)[O-])ccc2C)C2=C1C(=O)CC(c1ccccc1)C2. The Labute approximate surface area is 215 Å². The summed E-state index contributed by atoms with van der Waals surface area (Å²) in [5.41, 5.74) is 4.15. The quantitative estimate of drug-likeness (QED) is 0.298. The van der Waals surface area contributed by atoms with Crippen LogP contribution in [0.15, 0.2) is 84.1 Å². The van der Waals surface area contributed by atoms with Crippen LogP contribution in [0.5, 0.6) is 5.75 Å². The average Bonchev–Trinajstić information content (AvgIpc) is 2.89. The van der Waals surface area contributed by atoms with Gasteiger partial charge in [0.05, 0.1) is 17.2 Å². The van der Waals surface area contributed by atoms with Crippen LogP contribution < -0.4 is 9.64 Å². The number of anilines is 1. The number of hydrogen-bond acceptors (Lipinski definition) is 5. The van der Waals surface area contributed by atoms with Crippen LogP contribution >= 0.6 is 0 Å². The molecule has 188 valence electrons. The van der Waals surface area contributed by atoms with E-state index in [4.69, 9.17) is 4.74 Å². The lowest BCUT2D eigenvalue weighted by molar-refractivity contribution is -0.384. The highest BCUT2D eigenvalue weighted by molar-refractivity contribution is 6.08. The third-order valence-electron chi connectivity index (χ3n) is 7.24. The van der Waals surface area contributed by atoms with Gasteiger partial charge in [0, 0.05) is 47.7 Å². The fraction of sp³-hybridized carbons (Fsp3) is 0.267. The second-order valence-electron chi connectivity index (χ2n) is 9.48. The second kappa shape index (κ2) is 10.0. The second-order valence-corrected chi connectivity index (χ2v) is 9.48. The van der Waals surface area contributed by atoms with Gasteiger partial charge in [-0.3, -0.25) is 24.6 Å². The van der Waals surface area contributed by atoms with Crippen LogP contribution in [0.2, 0.25) is 0 Å². The minimum absolute atomic E-state index is 0.00742. The molecule has 7 heteroatoms. The number of benzene rings is 3. The normalized spacial score (nSPS) is 19.6. The largest absolute Gasteiger partial charge is 0.494 e. The zero-order valence-corrected chi connectivity index (χ0v) is 20.8. The summed E-state index contributed by atoms with van der Waals surface area (Å²) < 4.78 is 5.87. The first-order chi connectivity index (χ1) is 17.9. The molecule has 0 saturated carbocycles. The van der Waals surface area contributed by atoms with Crippen LogP contribution in [0.4, 0.5) is 11.4 Å². The molecule has 0 radical (unpaired) electrons. The van der Waals surface area contributed by atoms with Crippen molar-refractivity contribution < 1.29 is 19.2 Å². The molecule has 0 bridgehead atoms. The van der Waals surface area contributed by atoms with Crippen molar-refractivity contribution in [2.75, 3.05) is 11.5 Å². The summed E-state index contributed by atoms with van der Waals surface area (Å²) in [4.78, 5) is 40.4.